The van der Waals surface area contributed by atoms with Crippen LogP contribution in [-0.4, -0.2) is 71.6 Å². The van der Waals surface area contributed by atoms with Crippen molar-refractivity contribution >= 4 is 45.8 Å². The molecule has 4 aromatic rings. The molecule has 41 heavy (non-hydrogen) atoms. The van der Waals surface area contributed by atoms with Crippen molar-refractivity contribution in [1.82, 2.24) is 19.4 Å². The monoisotopic (exact) mass is 591 g/mol. The number of piperidine rings is 1. The van der Waals surface area contributed by atoms with Gasteiger partial charge in [0.25, 0.3) is 0 Å². The Morgan fingerprint density at radius 3 is 2.51 bits per heavy atom. The van der Waals surface area contributed by atoms with Gasteiger partial charge in [0.15, 0.2) is 0 Å². The van der Waals surface area contributed by atoms with Crippen LogP contribution in [0, 0.1) is 5.92 Å². The van der Waals surface area contributed by atoms with Crippen LogP contribution in [0.25, 0.3) is 11.0 Å². The molecule has 0 unspecified atom stereocenters. The molecule has 1 aromatic heterocycles. The average Bonchev–Trinajstić information content (AvgIpc) is 3.35. The molecule has 0 N–H and O–H groups in total. The number of benzene rings is 3. The minimum absolute atomic E-state index is 0.00414. The van der Waals surface area contributed by atoms with Gasteiger partial charge in [0.1, 0.15) is 11.6 Å². The van der Waals surface area contributed by atoms with Crippen molar-refractivity contribution in [3.05, 3.63) is 88.2 Å². The van der Waals surface area contributed by atoms with Crippen LogP contribution in [0.5, 0.6) is 5.75 Å². The summed E-state index contributed by atoms with van der Waals surface area (Å²) < 4.78 is 7.65. The van der Waals surface area contributed by atoms with Crippen LogP contribution in [0.1, 0.15) is 24.2 Å². The third-order valence-corrected chi connectivity index (χ3v) is 8.85. The summed E-state index contributed by atoms with van der Waals surface area (Å²) in [6.45, 7) is 6.05. The first kappa shape index (κ1) is 27.9. The number of hydrogen-bond donors (Lipinski definition) is 0. The molecule has 1 amide bonds. The van der Waals surface area contributed by atoms with E-state index < -0.39 is 0 Å². The Morgan fingerprint density at radius 2 is 1.73 bits per heavy atom. The van der Waals surface area contributed by atoms with Crippen LogP contribution in [0.3, 0.4) is 0 Å². The number of ether oxygens (including phenoxy) is 1. The van der Waals surface area contributed by atoms with Gasteiger partial charge < -0.3 is 19.1 Å². The van der Waals surface area contributed by atoms with E-state index >= 15 is 0 Å². The molecule has 214 valence electrons. The van der Waals surface area contributed by atoms with Gasteiger partial charge >= 0.3 is 0 Å². The summed E-state index contributed by atoms with van der Waals surface area (Å²) in [6, 6.07) is 22.0. The SMILES string of the molecule is COc1ccc(Cn2c(CN3CCC[C@H](C(=O)N4CCN(c5cc(Cl)ccc5Cl)CC4)C3)nc3ccccc32)cc1. The Bertz CT molecular complexity index is 1510. The number of carbonyl (C=O) groups is 1. The first-order valence-corrected chi connectivity index (χ1v) is 15.0. The number of amides is 1. The van der Waals surface area contributed by atoms with E-state index in [4.69, 9.17) is 32.9 Å². The predicted octanol–water partition coefficient (Wildman–Crippen LogP) is 5.96. The molecule has 2 fully saturated rings. The molecule has 0 spiro atoms. The summed E-state index contributed by atoms with van der Waals surface area (Å²) in [6.07, 6.45) is 1.94. The van der Waals surface area contributed by atoms with Gasteiger partial charge in [-0.3, -0.25) is 9.69 Å². The standard InChI is InChI=1S/C32H35Cl2N5O2/c1-41-26-11-8-23(9-12-26)20-39-29-7-3-2-6-28(29)35-31(39)22-36-14-4-5-24(21-36)32(40)38-17-15-37(16-18-38)30-19-25(33)10-13-27(30)34/h2-3,6-13,19,24H,4-5,14-18,20-22H2,1H3/t24-/m0/s1. The number of halogens is 2. The molecular formula is C32H35Cl2N5O2. The molecule has 9 heteroatoms. The highest BCUT2D eigenvalue weighted by molar-refractivity contribution is 6.35. The summed E-state index contributed by atoms with van der Waals surface area (Å²) >= 11 is 12.6. The van der Waals surface area contributed by atoms with Gasteiger partial charge in [0.05, 0.1) is 41.3 Å². The fraction of sp³-hybridized carbons (Fsp3) is 0.375. The third-order valence-electron chi connectivity index (χ3n) is 8.29. The first-order chi connectivity index (χ1) is 20.0. The lowest BCUT2D eigenvalue weighted by Gasteiger charge is -2.40. The molecule has 0 bridgehead atoms. The van der Waals surface area contributed by atoms with Gasteiger partial charge in [-0.1, -0.05) is 47.5 Å². The molecule has 7 nitrogen and oxygen atoms in total. The zero-order valence-corrected chi connectivity index (χ0v) is 24.8. The summed E-state index contributed by atoms with van der Waals surface area (Å²) in [5, 5.41) is 1.36. The Hall–Kier alpha value is -3.26. The fourth-order valence-electron chi connectivity index (χ4n) is 6.09. The van der Waals surface area contributed by atoms with Gasteiger partial charge in [-0.05, 0) is 67.4 Å². The number of fused-ring (bicyclic) bond motifs is 1. The number of piperazine rings is 1. The smallest absolute Gasteiger partial charge is 0.227 e. The van der Waals surface area contributed by atoms with Crippen LogP contribution in [-0.2, 0) is 17.9 Å². The maximum atomic E-state index is 13.6. The van der Waals surface area contributed by atoms with Gasteiger partial charge in [-0.15, -0.1) is 0 Å². The van der Waals surface area contributed by atoms with Gasteiger partial charge in [0.2, 0.25) is 5.91 Å². The second-order valence-electron chi connectivity index (χ2n) is 10.9. The molecule has 0 saturated carbocycles. The number of hydrogen-bond acceptors (Lipinski definition) is 5. The number of para-hydroxylation sites is 2. The second kappa shape index (κ2) is 12.3. The van der Waals surface area contributed by atoms with Crippen LogP contribution in [0.2, 0.25) is 10.0 Å². The molecular weight excluding hydrogens is 557 g/mol. The minimum atomic E-state index is 0.00414. The van der Waals surface area contributed by atoms with Crippen LogP contribution < -0.4 is 9.64 Å². The van der Waals surface area contributed by atoms with E-state index in [1.807, 2.05) is 35.2 Å². The third kappa shape index (κ3) is 6.17. The van der Waals surface area contributed by atoms with Crippen molar-refractivity contribution in [1.29, 1.82) is 0 Å². The van der Waals surface area contributed by atoms with E-state index in [0.717, 1.165) is 80.4 Å². The lowest BCUT2D eigenvalue weighted by atomic mass is 9.96. The van der Waals surface area contributed by atoms with E-state index in [1.54, 1.807) is 13.2 Å². The van der Waals surface area contributed by atoms with E-state index in [2.05, 4.69) is 44.7 Å². The molecule has 3 heterocycles. The normalized spacial score (nSPS) is 18.2. The van der Waals surface area contributed by atoms with E-state index in [1.165, 1.54) is 5.56 Å². The summed E-state index contributed by atoms with van der Waals surface area (Å²) in [5.41, 5.74) is 4.26. The second-order valence-corrected chi connectivity index (χ2v) is 11.8. The Morgan fingerprint density at radius 1 is 0.951 bits per heavy atom. The summed E-state index contributed by atoms with van der Waals surface area (Å²) in [7, 11) is 1.68. The maximum absolute atomic E-state index is 13.6. The lowest BCUT2D eigenvalue weighted by Crippen LogP contribution is -2.52. The Balaban J connectivity index is 1.12. The number of carbonyl (C=O) groups excluding carboxylic acids is 1. The highest BCUT2D eigenvalue weighted by Gasteiger charge is 2.32. The van der Waals surface area contributed by atoms with Crippen molar-refractivity contribution in [3.8, 4) is 5.75 Å². The zero-order chi connectivity index (χ0) is 28.3. The molecule has 1 atom stereocenters. The molecule has 3 aromatic carbocycles. The van der Waals surface area contributed by atoms with E-state index in [0.29, 0.717) is 23.1 Å². The average molecular weight is 593 g/mol. The highest BCUT2D eigenvalue weighted by Crippen LogP contribution is 2.30. The Labute approximate surface area is 251 Å². The Kier molecular flexibility index (Phi) is 8.37. The quantitative estimate of drug-likeness (QED) is 0.265. The van der Waals surface area contributed by atoms with E-state index in [9.17, 15) is 4.79 Å². The highest BCUT2D eigenvalue weighted by atomic mass is 35.5. The van der Waals surface area contributed by atoms with Gasteiger partial charge in [-0.2, -0.15) is 0 Å². The molecule has 2 saturated heterocycles. The van der Waals surface area contributed by atoms with Crippen molar-refractivity contribution in [2.24, 2.45) is 5.92 Å². The fourth-order valence-corrected chi connectivity index (χ4v) is 6.49. The number of rotatable bonds is 7. The lowest BCUT2D eigenvalue weighted by molar-refractivity contribution is -0.137. The summed E-state index contributed by atoms with van der Waals surface area (Å²) in [5.74, 6) is 2.15. The van der Waals surface area contributed by atoms with Crippen molar-refractivity contribution in [3.63, 3.8) is 0 Å². The van der Waals surface area contributed by atoms with Crippen molar-refractivity contribution in [2.45, 2.75) is 25.9 Å². The van der Waals surface area contributed by atoms with Crippen LogP contribution >= 0.6 is 23.2 Å². The molecule has 2 aliphatic rings. The van der Waals surface area contributed by atoms with Gasteiger partial charge in [-0.25, -0.2) is 4.98 Å². The van der Waals surface area contributed by atoms with Gasteiger partial charge in [0, 0.05) is 44.3 Å². The molecule has 0 radical (unpaired) electrons. The largest absolute Gasteiger partial charge is 0.497 e. The zero-order valence-electron chi connectivity index (χ0n) is 23.3. The number of nitrogens with zero attached hydrogens (tertiary/aromatic N) is 5. The number of aromatic nitrogens is 2. The van der Waals surface area contributed by atoms with E-state index in [-0.39, 0.29) is 11.8 Å². The predicted molar refractivity (Wildman–Crippen MR) is 165 cm³/mol. The topological polar surface area (TPSA) is 53.8 Å². The maximum Gasteiger partial charge on any atom is 0.227 e. The molecule has 6 rings (SSSR count). The van der Waals surface area contributed by atoms with Crippen LogP contribution in [0.15, 0.2) is 66.7 Å². The van der Waals surface area contributed by atoms with Crippen molar-refractivity contribution < 1.29 is 9.53 Å². The number of likely N-dealkylation sites (tertiary alicyclic amines) is 1. The first-order valence-electron chi connectivity index (χ1n) is 14.3. The summed E-state index contributed by atoms with van der Waals surface area (Å²) in [4.78, 5) is 25.3. The number of anilines is 1. The number of imidazole rings is 1. The number of methoxy groups -OCH3 is 1. The molecule has 0 aliphatic carbocycles. The molecule has 2 aliphatic heterocycles. The van der Waals surface area contributed by atoms with Crippen LogP contribution in [0.4, 0.5) is 5.69 Å². The van der Waals surface area contributed by atoms with Crippen molar-refractivity contribution in [2.75, 3.05) is 51.3 Å². The minimum Gasteiger partial charge on any atom is -0.497 e.